The topological polar surface area (TPSA) is 85.3 Å². The van der Waals surface area contributed by atoms with E-state index < -0.39 is 42.4 Å². The number of carbonyl (C=O) groups excluding carboxylic acids is 1. The highest BCUT2D eigenvalue weighted by Gasteiger charge is 2.44. The third-order valence-corrected chi connectivity index (χ3v) is 6.39. The molecule has 1 aliphatic carbocycles. The van der Waals surface area contributed by atoms with Crippen molar-refractivity contribution in [1.82, 2.24) is 19.9 Å². The Hall–Kier alpha value is -2.30. The van der Waals surface area contributed by atoms with E-state index in [-0.39, 0.29) is 31.6 Å². The molecule has 1 saturated carbocycles. The first kappa shape index (κ1) is 21.9. The molecule has 0 spiro atoms. The number of piperidine rings is 1. The van der Waals surface area contributed by atoms with Gasteiger partial charge in [-0.2, -0.15) is 18.3 Å². The van der Waals surface area contributed by atoms with Crippen LogP contribution < -0.4 is 11.1 Å². The van der Waals surface area contributed by atoms with Crippen LogP contribution in [0.4, 0.5) is 22.0 Å². The molecule has 1 amide bonds. The lowest BCUT2D eigenvalue weighted by molar-refractivity contribution is -0.183. The van der Waals surface area contributed by atoms with Gasteiger partial charge in [-0.05, 0) is 37.3 Å². The van der Waals surface area contributed by atoms with E-state index in [1.807, 2.05) is 0 Å². The summed E-state index contributed by atoms with van der Waals surface area (Å²) in [7, 11) is 0. The van der Waals surface area contributed by atoms with Crippen molar-refractivity contribution in [3.05, 3.63) is 29.7 Å². The molecule has 11 heteroatoms. The summed E-state index contributed by atoms with van der Waals surface area (Å²) in [5.41, 5.74) is 7.77. The standard InChI is InChI=1S/C20H24F5N5O/c21-19(22)5-3-11(4-6-19)17(26)15-10-30-16(28-15)2-1-14(29-30)8-12-7-13(20(23,24)25)9-27-18(12)31/h1-2,10-13,17H,3-9,26H2,(H,27,31)/t12?,13-,17?/m0/s1. The summed E-state index contributed by atoms with van der Waals surface area (Å²) >= 11 is 0. The molecule has 2 fully saturated rings. The van der Waals surface area contributed by atoms with Crippen molar-refractivity contribution < 1.29 is 26.7 Å². The molecule has 3 heterocycles. The molecule has 3 N–H and O–H groups in total. The zero-order valence-electron chi connectivity index (χ0n) is 16.7. The summed E-state index contributed by atoms with van der Waals surface area (Å²) in [5.74, 6) is -5.54. The second-order valence-electron chi connectivity index (χ2n) is 8.63. The number of fused-ring (bicyclic) bond motifs is 1. The van der Waals surface area contributed by atoms with E-state index in [4.69, 9.17) is 5.73 Å². The maximum atomic E-state index is 13.4. The lowest BCUT2D eigenvalue weighted by Gasteiger charge is -2.31. The number of nitrogens with one attached hydrogen (secondary N) is 1. The molecule has 170 valence electrons. The van der Waals surface area contributed by atoms with Gasteiger partial charge in [-0.15, -0.1) is 0 Å². The molecule has 2 aromatic heterocycles. The Bertz CT molecular complexity index is 949. The van der Waals surface area contributed by atoms with Crippen LogP contribution in [0.5, 0.6) is 0 Å². The van der Waals surface area contributed by atoms with Crippen LogP contribution in [0.3, 0.4) is 0 Å². The Labute approximate surface area is 175 Å². The summed E-state index contributed by atoms with van der Waals surface area (Å²) in [5, 5.41) is 6.71. The first-order chi connectivity index (χ1) is 14.5. The van der Waals surface area contributed by atoms with Crippen molar-refractivity contribution >= 4 is 11.6 Å². The minimum absolute atomic E-state index is 0.0750. The zero-order valence-corrected chi connectivity index (χ0v) is 16.7. The molecular weight excluding hydrogens is 421 g/mol. The maximum absolute atomic E-state index is 13.4. The number of hydrogen-bond donors (Lipinski definition) is 2. The number of aromatic nitrogens is 3. The molecular formula is C20H24F5N5O. The Morgan fingerprint density at radius 3 is 2.65 bits per heavy atom. The van der Waals surface area contributed by atoms with Crippen LogP contribution >= 0.6 is 0 Å². The molecule has 1 aliphatic heterocycles. The molecule has 2 unspecified atom stereocenters. The van der Waals surface area contributed by atoms with Gasteiger partial charge in [0.1, 0.15) is 0 Å². The van der Waals surface area contributed by atoms with Gasteiger partial charge in [0.05, 0.1) is 29.5 Å². The van der Waals surface area contributed by atoms with Crippen molar-refractivity contribution in [3.63, 3.8) is 0 Å². The largest absolute Gasteiger partial charge is 0.393 e. The van der Waals surface area contributed by atoms with Gasteiger partial charge in [0, 0.05) is 31.7 Å². The van der Waals surface area contributed by atoms with Gasteiger partial charge in [0.2, 0.25) is 11.8 Å². The second-order valence-corrected chi connectivity index (χ2v) is 8.63. The molecule has 3 atom stereocenters. The number of imidazole rings is 1. The average molecular weight is 445 g/mol. The van der Waals surface area contributed by atoms with E-state index in [0.29, 0.717) is 29.9 Å². The minimum Gasteiger partial charge on any atom is -0.355 e. The Kier molecular flexibility index (Phi) is 5.65. The van der Waals surface area contributed by atoms with Gasteiger partial charge >= 0.3 is 6.18 Å². The third kappa shape index (κ3) is 4.81. The smallest absolute Gasteiger partial charge is 0.355 e. The van der Waals surface area contributed by atoms with Gasteiger partial charge in [-0.25, -0.2) is 18.3 Å². The molecule has 2 aliphatic rings. The Balaban J connectivity index is 1.47. The highest BCUT2D eigenvalue weighted by Crippen LogP contribution is 2.40. The van der Waals surface area contributed by atoms with Gasteiger partial charge < -0.3 is 11.1 Å². The maximum Gasteiger partial charge on any atom is 0.393 e. The highest BCUT2D eigenvalue weighted by atomic mass is 19.4. The van der Waals surface area contributed by atoms with E-state index >= 15 is 0 Å². The van der Waals surface area contributed by atoms with E-state index in [2.05, 4.69) is 15.4 Å². The van der Waals surface area contributed by atoms with Crippen LogP contribution in [0.1, 0.15) is 49.5 Å². The average Bonchev–Trinajstić information content (AvgIpc) is 3.11. The number of halogens is 5. The third-order valence-electron chi connectivity index (χ3n) is 6.39. The Morgan fingerprint density at radius 2 is 1.97 bits per heavy atom. The number of nitrogens with two attached hydrogens (primary N) is 1. The van der Waals surface area contributed by atoms with Crippen LogP contribution in [-0.2, 0) is 11.2 Å². The summed E-state index contributed by atoms with van der Waals surface area (Å²) in [6.45, 7) is -0.402. The van der Waals surface area contributed by atoms with Crippen molar-refractivity contribution in [2.45, 2.75) is 56.7 Å². The van der Waals surface area contributed by atoms with Gasteiger partial charge in [-0.1, -0.05) is 0 Å². The quantitative estimate of drug-likeness (QED) is 0.707. The Morgan fingerprint density at radius 1 is 1.26 bits per heavy atom. The highest BCUT2D eigenvalue weighted by molar-refractivity contribution is 5.79. The first-order valence-electron chi connectivity index (χ1n) is 10.3. The molecule has 0 radical (unpaired) electrons. The predicted molar refractivity (Wildman–Crippen MR) is 101 cm³/mol. The molecule has 0 aromatic carbocycles. The fourth-order valence-electron chi connectivity index (χ4n) is 4.45. The van der Waals surface area contributed by atoms with Crippen LogP contribution in [-0.4, -0.2) is 39.1 Å². The monoisotopic (exact) mass is 445 g/mol. The predicted octanol–water partition coefficient (Wildman–Crippen LogP) is 3.41. The number of carbonyl (C=O) groups is 1. The van der Waals surface area contributed by atoms with E-state index in [1.165, 1.54) is 4.52 Å². The summed E-state index contributed by atoms with van der Waals surface area (Å²) < 4.78 is 67.4. The van der Waals surface area contributed by atoms with E-state index in [0.717, 1.165) is 0 Å². The number of nitrogens with zero attached hydrogens (tertiary/aromatic N) is 3. The number of alkyl halides is 5. The van der Waals surface area contributed by atoms with Crippen LogP contribution in [0.25, 0.3) is 5.65 Å². The van der Waals surface area contributed by atoms with Crippen molar-refractivity contribution in [2.24, 2.45) is 23.5 Å². The number of rotatable bonds is 4. The van der Waals surface area contributed by atoms with E-state index in [9.17, 15) is 26.7 Å². The normalized spacial score (nSPS) is 26.1. The van der Waals surface area contributed by atoms with Crippen LogP contribution in [0, 0.1) is 17.8 Å². The summed E-state index contributed by atoms with van der Waals surface area (Å²) in [6.07, 6.45) is -2.69. The van der Waals surface area contributed by atoms with Gasteiger partial charge in [-0.3, -0.25) is 4.79 Å². The summed E-state index contributed by atoms with van der Waals surface area (Å²) in [4.78, 5) is 16.5. The SMILES string of the molecule is NC(c1cn2nc(CC3C[C@H](C(F)(F)F)CNC3=O)ccc2n1)C1CCC(F)(F)CC1. The number of hydrogen-bond acceptors (Lipinski definition) is 4. The lowest BCUT2D eigenvalue weighted by Crippen LogP contribution is -2.47. The zero-order chi connectivity index (χ0) is 22.4. The second kappa shape index (κ2) is 7.99. The molecule has 1 saturated heterocycles. The summed E-state index contributed by atoms with van der Waals surface area (Å²) in [6, 6.07) is 2.79. The molecule has 6 nitrogen and oxygen atoms in total. The van der Waals surface area contributed by atoms with Gasteiger partial charge in [0.25, 0.3) is 0 Å². The van der Waals surface area contributed by atoms with Crippen molar-refractivity contribution in [3.8, 4) is 0 Å². The minimum atomic E-state index is -4.36. The van der Waals surface area contributed by atoms with Crippen molar-refractivity contribution in [2.75, 3.05) is 6.54 Å². The molecule has 31 heavy (non-hydrogen) atoms. The van der Waals surface area contributed by atoms with E-state index in [1.54, 1.807) is 18.3 Å². The lowest BCUT2D eigenvalue weighted by atomic mass is 9.81. The first-order valence-corrected chi connectivity index (χ1v) is 10.3. The van der Waals surface area contributed by atoms with Crippen molar-refractivity contribution in [1.29, 1.82) is 0 Å². The van der Waals surface area contributed by atoms with Crippen LogP contribution in [0.15, 0.2) is 18.3 Å². The number of amides is 1. The van der Waals surface area contributed by atoms with Crippen LogP contribution in [0.2, 0.25) is 0 Å². The molecule has 2 aromatic rings. The fourth-order valence-corrected chi connectivity index (χ4v) is 4.45. The van der Waals surface area contributed by atoms with Gasteiger partial charge in [0.15, 0.2) is 5.65 Å². The molecule has 4 rings (SSSR count). The fraction of sp³-hybridized carbons (Fsp3) is 0.650. The molecule has 0 bridgehead atoms.